The van der Waals surface area contributed by atoms with E-state index in [2.05, 4.69) is 106 Å². The Morgan fingerprint density at radius 2 is 0.514 bits per heavy atom. The summed E-state index contributed by atoms with van der Waals surface area (Å²) in [6.45, 7) is 6.57. The third kappa shape index (κ3) is 57.5. The molecule has 414 valence electrons. The van der Waals surface area contributed by atoms with E-state index in [4.69, 9.17) is 14.2 Å². The summed E-state index contributed by atoms with van der Waals surface area (Å²) >= 11 is 0. The Bertz CT molecular complexity index is 1380. The first-order chi connectivity index (χ1) is 35.5. The lowest BCUT2D eigenvalue weighted by molar-refractivity contribution is -0.167. The second-order valence-corrected chi connectivity index (χ2v) is 20.4. The number of ether oxygens (including phenoxy) is 3. The van der Waals surface area contributed by atoms with Crippen molar-refractivity contribution >= 4 is 17.9 Å². The number of allylic oxidation sites excluding steroid dienone is 14. The quantitative estimate of drug-likeness (QED) is 0.0199. The van der Waals surface area contributed by atoms with Crippen LogP contribution in [0, 0.1) is 0 Å². The highest BCUT2D eigenvalue weighted by Crippen LogP contribution is 2.15. The van der Waals surface area contributed by atoms with E-state index in [-0.39, 0.29) is 31.1 Å². The van der Waals surface area contributed by atoms with Crippen molar-refractivity contribution in [1.29, 1.82) is 0 Å². The van der Waals surface area contributed by atoms with E-state index < -0.39 is 6.10 Å². The van der Waals surface area contributed by atoms with Crippen LogP contribution in [0.5, 0.6) is 0 Å². The second kappa shape index (κ2) is 60.1. The molecule has 1 unspecified atom stereocenters. The summed E-state index contributed by atoms with van der Waals surface area (Å²) in [7, 11) is 0. The van der Waals surface area contributed by atoms with Gasteiger partial charge in [0.25, 0.3) is 0 Å². The van der Waals surface area contributed by atoms with Gasteiger partial charge in [-0.3, -0.25) is 14.4 Å². The van der Waals surface area contributed by atoms with Crippen LogP contribution in [0.2, 0.25) is 0 Å². The molecule has 1 atom stereocenters. The van der Waals surface area contributed by atoms with Gasteiger partial charge in [-0.05, 0) is 96.3 Å². The highest BCUT2D eigenvalue weighted by atomic mass is 16.6. The maximum atomic E-state index is 12.9. The largest absolute Gasteiger partial charge is 0.462 e. The molecule has 0 aromatic carbocycles. The van der Waals surface area contributed by atoms with Crippen LogP contribution in [-0.2, 0) is 28.6 Å². The molecule has 6 heteroatoms. The molecular formula is C66H114O6. The number of hydrogen-bond acceptors (Lipinski definition) is 6. The van der Waals surface area contributed by atoms with Crippen molar-refractivity contribution in [2.45, 2.75) is 303 Å². The minimum absolute atomic E-state index is 0.0889. The van der Waals surface area contributed by atoms with E-state index in [0.29, 0.717) is 19.3 Å². The second-order valence-electron chi connectivity index (χ2n) is 20.4. The Kier molecular flexibility index (Phi) is 57.3. The molecule has 0 aliphatic heterocycles. The molecule has 0 saturated heterocycles. The van der Waals surface area contributed by atoms with Crippen molar-refractivity contribution in [1.82, 2.24) is 0 Å². The van der Waals surface area contributed by atoms with Gasteiger partial charge in [0, 0.05) is 19.3 Å². The van der Waals surface area contributed by atoms with Gasteiger partial charge >= 0.3 is 17.9 Å². The minimum atomic E-state index is -0.794. The normalized spacial score (nSPS) is 12.7. The number of esters is 3. The smallest absolute Gasteiger partial charge is 0.306 e. The van der Waals surface area contributed by atoms with Crippen molar-refractivity contribution in [3.63, 3.8) is 0 Å². The molecule has 0 radical (unpaired) electrons. The summed E-state index contributed by atoms with van der Waals surface area (Å²) in [5.74, 6) is -0.910. The third-order valence-electron chi connectivity index (χ3n) is 13.2. The van der Waals surface area contributed by atoms with Crippen LogP contribution in [-0.4, -0.2) is 37.2 Å². The van der Waals surface area contributed by atoms with E-state index in [0.717, 1.165) is 83.5 Å². The van der Waals surface area contributed by atoms with Crippen LogP contribution >= 0.6 is 0 Å². The molecule has 0 bridgehead atoms. The van der Waals surface area contributed by atoms with Gasteiger partial charge in [-0.1, -0.05) is 266 Å². The number of carbonyl (C=O) groups is 3. The van der Waals surface area contributed by atoms with Gasteiger partial charge in [0.2, 0.25) is 0 Å². The van der Waals surface area contributed by atoms with Gasteiger partial charge in [0.1, 0.15) is 13.2 Å². The maximum absolute atomic E-state index is 12.9. The lowest BCUT2D eigenvalue weighted by Crippen LogP contribution is -2.30. The Labute approximate surface area is 445 Å². The fourth-order valence-corrected chi connectivity index (χ4v) is 8.56. The van der Waals surface area contributed by atoms with Crippen molar-refractivity contribution < 1.29 is 28.6 Å². The zero-order chi connectivity index (χ0) is 52.2. The molecule has 0 fully saturated rings. The summed E-state index contributed by atoms with van der Waals surface area (Å²) in [6.07, 6.45) is 78.5. The number of carbonyl (C=O) groups excluding carboxylic acids is 3. The van der Waals surface area contributed by atoms with E-state index in [9.17, 15) is 14.4 Å². The van der Waals surface area contributed by atoms with Crippen LogP contribution < -0.4 is 0 Å². The highest BCUT2D eigenvalue weighted by molar-refractivity contribution is 5.71. The molecule has 6 nitrogen and oxygen atoms in total. The first-order valence-corrected chi connectivity index (χ1v) is 30.7. The van der Waals surface area contributed by atoms with Crippen molar-refractivity contribution in [3.05, 3.63) is 85.1 Å². The van der Waals surface area contributed by atoms with Gasteiger partial charge in [-0.25, -0.2) is 0 Å². The van der Waals surface area contributed by atoms with Crippen LogP contribution in [0.4, 0.5) is 0 Å². The number of rotatable bonds is 55. The molecule has 72 heavy (non-hydrogen) atoms. The third-order valence-corrected chi connectivity index (χ3v) is 13.2. The molecular weight excluding hydrogens is 889 g/mol. The molecule has 0 aliphatic rings. The molecule has 0 amide bonds. The van der Waals surface area contributed by atoms with Crippen LogP contribution in [0.1, 0.15) is 297 Å². The summed E-state index contributed by atoms with van der Waals surface area (Å²) in [6, 6.07) is 0. The molecule has 0 aromatic rings. The zero-order valence-corrected chi connectivity index (χ0v) is 47.4. The maximum Gasteiger partial charge on any atom is 0.306 e. The summed E-state index contributed by atoms with van der Waals surface area (Å²) < 4.78 is 16.9. The number of unbranched alkanes of at least 4 members (excludes halogenated alkanes) is 34. The molecule has 0 N–H and O–H groups in total. The van der Waals surface area contributed by atoms with Gasteiger partial charge in [-0.15, -0.1) is 0 Å². The summed E-state index contributed by atoms with van der Waals surface area (Å²) in [5.41, 5.74) is 0. The van der Waals surface area contributed by atoms with E-state index in [1.54, 1.807) is 0 Å². The lowest BCUT2D eigenvalue weighted by Gasteiger charge is -2.18. The molecule has 0 spiro atoms. The van der Waals surface area contributed by atoms with E-state index >= 15 is 0 Å². The van der Waals surface area contributed by atoms with E-state index in [1.165, 1.54) is 173 Å². The molecule has 0 aliphatic carbocycles. The summed E-state index contributed by atoms with van der Waals surface area (Å²) in [4.78, 5) is 38.3. The Morgan fingerprint density at radius 3 is 0.861 bits per heavy atom. The van der Waals surface area contributed by atoms with Crippen molar-refractivity contribution in [3.8, 4) is 0 Å². The Balaban J connectivity index is 4.44. The zero-order valence-electron chi connectivity index (χ0n) is 47.4. The van der Waals surface area contributed by atoms with E-state index in [1.807, 2.05) is 0 Å². The average molecular weight is 1000 g/mol. The van der Waals surface area contributed by atoms with Crippen LogP contribution in [0.3, 0.4) is 0 Å². The van der Waals surface area contributed by atoms with Crippen molar-refractivity contribution in [2.24, 2.45) is 0 Å². The highest BCUT2D eigenvalue weighted by Gasteiger charge is 2.19. The first-order valence-electron chi connectivity index (χ1n) is 30.7. The fraction of sp³-hybridized carbons (Fsp3) is 0.742. The first kappa shape index (κ1) is 68.6. The predicted molar refractivity (Wildman–Crippen MR) is 311 cm³/mol. The topological polar surface area (TPSA) is 78.9 Å². The molecule has 0 saturated carbocycles. The average Bonchev–Trinajstić information content (AvgIpc) is 3.38. The molecule has 0 heterocycles. The summed E-state index contributed by atoms with van der Waals surface area (Å²) in [5, 5.41) is 0. The van der Waals surface area contributed by atoms with Gasteiger partial charge in [-0.2, -0.15) is 0 Å². The minimum Gasteiger partial charge on any atom is -0.462 e. The van der Waals surface area contributed by atoms with Gasteiger partial charge in [0.15, 0.2) is 6.10 Å². The molecule has 0 rings (SSSR count). The Morgan fingerprint density at radius 1 is 0.278 bits per heavy atom. The monoisotopic (exact) mass is 1000 g/mol. The van der Waals surface area contributed by atoms with Gasteiger partial charge < -0.3 is 14.2 Å². The lowest BCUT2D eigenvalue weighted by atomic mass is 10.1. The number of hydrogen-bond donors (Lipinski definition) is 0. The standard InChI is InChI=1S/C66H114O6/c1-4-7-10-13-16-19-22-25-28-31-33-36-38-41-44-47-50-53-56-59-65(68)71-62-63(61-70-64(67)58-55-52-49-46-43-40-37-34-30-27-24-21-18-15-12-9-6-3)72-66(69)60-57-54-51-48-45-42-39-35-32-29-26-23-20-17-14-11-8-5-2/h16-17,19-20,22-23,25-27,29-30,32,35,39,63H,4-15,18,21,24,28,31,33-34,36-38,40-62H2,1-3H3/b19-16-,20-17-,25-22-,26-23-,30-27-,32-29-,39-35-. The predicted octanol–water partition coefficient (Wildman–Crippen LogP) is 20.7. The van der Waals surface area contributed by atoms with Crippen LogP contribution in [0.25, 0.3) is 0 Å². The fourth-order valence-electron chi connectivity index (χ4n) is 8.56. The van der Waals surface area contributed by atoms with Crippen LogP contribution in [0.15, 0.2) is 85.1 Å². The van der Waals surface area contributed by atoms with Gasteiger partial charge in [0.05, 0.1) is 0 Å². The SMILES string of the molecule is CCCCC\C=C/C=C\C=C/C=C\CCCCCCCC(=O)OC(COC(=O)CCCCCCCCC/C=C\CCCCCCCC)COC(=O)CCCCCCCCCCCC/C=C\C=C/CCCCC. The Hall–Kier alpha value is -3.41. The molecule has 0 aromatic heterocycles. The van der Waals surface area contributed by atoms with Crippen molar-refractivity contribution in [2.75, 3.05) is 13.2 Å².